The predicted molar refractivity (Wildman–Crippen MR) is 75.1 cm³/mol. The standard InChI is InChI=1S/C12H19N3O3S/c1-5-15(3)7-6-13-12-14-9(11(17)18-4)10(19-12)8(2)16/h5-7H2,1-4H3,(H,13,14). The zero-order valence-electron chi connectivity index (χ0n) is 11.6. The van der Waals surface area contributed by atoms with E-state index in [0.29, 0.717) is 16.6 Å². The first kappa shape index (κ1) is 15.6. The third-order valence-electron chi connectivity index (χ3n) is 2.64. The minimum atomic E-state index is -0.583. The Hall–Kier alpha value is -1.47. The molecule has 0 saturated carbocycles. The number of hydrogen-bond acceptors (Lipinski definition) is 7. The number of ether oxygens (including phenoxy) is 1. The number of anilines is 1. The summed E-state index contributed by atoms with van der Waals surface area (Å²) in [6, 6.07) is 0. The van der Waals surface area contributed by atoms with Crippen molar-refractivity contribution in [1.29, 1.82) is 0 Å². The van der Waals surface area contributed by atoms with Crippen LogP contribution in [0.15, 0.2) is 0 Å². The Morgan fingerprint density at radius 3 is 2.68 bits per heavy atom. The first-order chi connectivity index (χ1) is 8.99. The number of nitrogens with zero attached hydrogens (tertiary/aromatic N) is 2. The Morgan fingerprint density at radius 2 is 2.16 bits per heavy atom. The average Bonchev–Trinajstić information content (AvgIpc) is 2.82. The van der Waals surface area contributed by atoms with Gasteiger partial charge >= 0.3 is 5.97 Å². The van der Waals surface area contributed by atoms with E-state index >= 15 is 0 Å². The molecule has 0 unspecified atom stereocenters. The molecule has 1 aromatic rings. The Kier molecular flexibility index (Phi) is 5.91. The highest BCUT2D eigenvalue weighted by Gasteiger charge is 2.21. The zero-order valence-corrected chi connectivity index (χ0v) is 12.5. The van der Waals surface area contributed by atoms with E-state index in [1.165, 1.54) is 25.4 Å². The van der Waals surface area contributed by atoms with Crippen molar-refractivity contribution in [3.05, 3.63) is 10.6 Å². The monoisotopic (exact) mass is 285 g/mol. The van der Waals surface area contributed by atoms with Gasteiger partial charge in [0.15, 0.2) is 16.6 Å². The van der Waals surface area contributed by atoms with Crippen molar-refractivity contribution in [1.82, 2.24) is 9.88 Å². The summed E-state index contributed by atoms with van der Waals surface area (Å²) in [7, 11) is 3.29. The third-order valence-corrected chi connectivity index (χ3v) is 3.75. The van der Waals surface area contributed by atoms with Gasteiger partial charge in [-0.05, 0) is 13.6 Å². The van der Waals surface area contributed by atoms with Gasteiger partial charge < -0.3 is 15.0 Å². The fourth-order valence-electron chi connectivity index (χ4n) is 1.38. The molecule has 106 valence electrons. The maximum Gasteiger partial charge on any atom is 0.358 e. The van der Waals surface area contributed by atoms with Crippen LogP contribution in [0.1, 0.15) is 34.0 Å². The Labute approximate surface area is 116 Å². The van der Waals surface area contributed by atoms with Gasteiger partial charge in [0.05, 0.1) is 7.11 Å². The molecule has 0 amide bonds. The number of esters is 1. The third kappa shape index (κ3) is 4.29. The smallest absolute Gasteiger partial charge is 0.358 e. The molecule has 0 aliphatic rings. The Bertz CT molecular complexity index is 459. The van der Waals surface area contributed by atoms with Crippen molar-refractivity contribution in [2.24, 2.45) is 0 Å². The highest BCUT2D eigenvalue weighted by molar-refractivity contribution is 7.17. The SMILES string of the molecule is CCN(C)CCNc1nc(C(=O)OC)c(C(C)=O)s1. The summed E-state index contributed by atoms with van der Waals surface area (Å²) in [6.07, 6.45) is 0. The summed E-state index contributed by atoms with van der Waals surface area (Å²) < 4.78 is 4.62. The number of carbonyl (C=O) groups is 2. The van der Waals surface area contributed by atoms with Gasteiger partial charge in [-0.15, -0.1) is 0 Å². The van der Waals surface area contributed by atoms with Crippen LogP contribution in [0.25, 0.3) is 0 Å². The summed E-state index contributed by atoms with van der Waals surface area (Å²) in [4.78, 5) is 29.6. The average molecular weight is 285 g/mol. The van der Waals surface area contributed by atoms with Gasteiger partial charge in [-0.1, -0.05) is 18.3 Å². The van der Waals surface area contributed by atoms with Crippen molar-refractivity contribution in [3.63, 3.8) is 0 Å². The molecule has 6 nitrogen and oxygen atoms in total. The van der Waals surface area contributed by atoms with Crippen LogP contribution in [-0.4, -0.2) is 55.4 Å². The number of methoxy groups -OCH3 is 1. The van der Waals surface area contributed by atoms with Crippen LogP contribution in [-0.2, 0) is 4.74 Å². The van der Waals surface area contributed by atoms with E-state index in [4.69, 9.17) is 0 Å². The van der Waals surface area contributed by atoms with E-state index in [9.17, 15) is 9.59 Å². The molecule has 1 rings (SSSR count). The molecule has 0 aliphatic carbocycles. The minimum Gasteiger partial charge on any atom is -0.464 e. The van der Waals surface area contributed by atoms with Gasteiger partial charge in [0.1, 0.15) is 4.88 Å². The van der Waals surface area contributed by atoms with E-state index in [0.717, 1.165) is 13.1 Å². The van der Waals surface area contributed by atoms with E-state index in [1.807, 2.05) is 7.05 Å². The van der Waals surface area contributed by atoms with Gasteiger partial charge in [-0.3, -0.25) is 4.79 Å². The van der Waals surface area contributed by atoms with Crippen LogP contribution in [0.3, 0.4) is 0 Å². The highest BCUT2D eigenvalue weighted by atomic mass is 32.1. The molecule has 0 fully saturated rings. The largest absolute Gasteiger partial charge is 0.464 e. The fourth-order valence-corrected chi connectivity index (χ4v) is 2.26. The molecule has 0 aromatic carbocycles. The summed E-state index contributed by atoms with van der Waals surface area (Å²) in [5, 5.41) is 3.68. The van der Waals surface area contributed by atoms with E-state index in [-0.39, 0.29) is 11.5 Å². The molecule has 1 aromatic heterocycles. The number of thiazole rings is 1. The number of rotatable bonds is 7. The predicted octanol–water partition coefficient (Wildman–Crippen LogP) is 1.50. The molecule has 0 spiro atoms. The lowest BCUT2D eigenvalue weighted by Gasteiger charge is -2.13. The molecule has 1 N–H and O–H groups in total. The summed E-state index contributed by atoms with van der Waals surface area (Å²) in [6.45, 7) is 6.02. The van der Waals surface area contributed by atoms with E-state index in [1.54, 1.807) is 0 Å². The normalized spacial score (nSPS) is 10.6. The van der Waals surface area contributed by atoms with Crippen LogP contribution >= 0.6 is 11.3 Å². The number of aromatic nitrogens is 1. The number of hydrogen-bond donors (Lipinski definition) is 1. The van der Waals surface area contributed by atoms with E-state index < -0.39 is 5.97 Å². The summed E-state index contributed by atoms with van der Waals surface area (Å²) in [5.74, 6) is -0.767. The zero-order chi connectivity index (χ0) is 14.4. The van der Waals surface area contributed by atoms with E-state index in [2.05, 4.69) is 26.9 Å². The van der Waals surface area contributed by atoms with Crippen molar-refractivity contribution in [3.8, 4) is 0 Å². The van der Waals surface area contributed by atoms with Crippen LogP contribution in [0, 0.1) is 0 Å². The molecule has 0 saturated heterocycles. The lowest BCUT2D eigenvalue weighted by atomic mass is 10.3. The molecule has 0 bridgehead atoms. The first-order valence-corrected chi connectivity index (χ1v) is 6.83. The highest BCUT2D eigenvalue weighted by Crippen LogP contribution is 2.24. The second kappa shape index (κ2) is 7.20. The number of ketones is 1. The Balaban J connectivity index is 2.75. The van der Waals surface area contributed by atoms with Gasteiger partial charge in [0.25, 0.3) is 0 Å². The number of carbonyl (C=O) groups excluding carboxylic acids is 2. The van der Waals surface area contributed by atoms with Gasteiger partial charge in [0, 0.05) is 20.0 Å². The number of nitrogens with one attached hydrogen (secondary N) is 1. The molecule has 0 atom stereocenters. The van der Waals surface area contributed by atoms with Crippen molar-refractivity contribution < 1.29 is 14.3 Å². The lowest BCUT2D eigenvalue weighted by Crippen LogP contribution is -2.24. The van der Waals surface area contributed by atoms with Crippen molar-refractivity contribution in [2.45, 2.75) is 13.8 Å². The molecular weight excluding hydrogens is 266 g/mol. The van der Waals surface area contributed by atoms with Crippen LogP contribution in [0.2, 0.25) is 0 Å². The molecule has 1 heterocycles. The minimum absolute atomic E-state index is 0.0892. The number of Topliss-reactive ketones (excluding diaryl/α,β-unsaturated/α-hetero) is 1. The molecule has 7 heteroatoms. The quantitative estimate of drug-likeness (QED) is 0.604. The topological polar surface area (TPSA) is 71.5 Å². The molecular formula is C12H19N3O3S. The Morgan fingerprint density at radius 1 is 1.47 bits per heavy atom. The maximum atomic E-state index is 11.5. The van der Waals surface area contributed by atoms with Crippen LogP contribution in [0.5, 0.6) is 0 Å². The molecule has 19 heavy (non-hydrogen) atoms. The molecule has 0 radical (unpaired) electrons. The van der Waals surface area contributed by atoms with Crippen molar-refractivity contribution in [2.75, 3.05) is 39.1 Å². The second-order valence-corrected chi connectivity index (χ2v) is 5.07. The lowest BCUT2D eigenvalue weighted by molar-refractivity contribution is 0.0591. The summed E-state index contributed by atoms with van der Waals surface area (Å²) >= 11 is 1.18. The number of likely N-dealkylation sites (N-methyl/N-ethyl adjacent to an activating group) is 1. The van der Waals surface area contributed by atoms with Crippen LogP contribution < -0.4 is 5.32 Å². The second-order valence-electron chi connectivity index (χ2n) is 4.07. The maximum absolute atomic E-state index is 11.5. The van der Waals surface area contributed by atoms with Crippen molar-refractivity contribution >= 4 is 28.2 Å². The summed E-state index contributed by atoms with van der Waals surface area (Å²) in [5.41, 5.74) is 0.0892. The van der Waals surface area contributed by atoms with Gasteiger partial charge in [0.2, 0.25) is 0 Å². The molecule has 0 aliphatic heterocycles. The fraction of sp³-hybridized carbons (Fsp3) is 0.583. The first-order valence-electron chi connectivity index (χ1n) is 6.02. The van der Waals surface area contributed by atoms with Gasteiger partial charge in [-0.25, -0.2) is 9.78 Å². The van der Waals surface area contributed by atoms with Gasteiger partial charge in [-0.2, -0.15) is 0 Å². The van der Waals surface area contributed by atoms with Crippen LogP contribution in [0.4, 0.5) is 5.13 Å².